The molecule has 2 aromatic rings. The molecule has 3 aliphatic rings. The summed E-state index contributed by atoms with van der Waals surface area (Å²) >= 11 is 0. The summed E-state index contributed by atoms with van der Waals surface area (Å²) < 4.78 is 0. The van der Waals surface area contributed by atoms with Crippen molar-refractivity contribution < 1.29 is 39.6 Å². The van der Waals surface area contributed by atoms with Gasteiger partial charge in [-0.25, -0.2) is 0 Å². The first-order valence-corrected chi connectivity index (χ1v) is 12.1. The van der Waals surface area contributed by atoms with Gasteiger partial charge in [0.15, 0.2) is 17.1 Å². The first-order chi connectivity index (χ1) is 18.4. The first kappa shape index (κ1) is 26.1. The number of Topliss-reactive ketones (excluding diaryl/α,β-unsaturated/α-hetero) is 2. The van der Waals surface area contributed by atoms with Crippen LogP contribution in [-0.4, -0.2) is 79.9 Å². The molecule has 0 fully saturated rings. The van der Waals surface area contributed by atoms with Crippen LogP contribution in [0.3, 0.4) is 0 Å². The number of aliphatic hydroxyl groups excluding tert-OH is 2. The van der Waals surface area contributed by atoms with Crippen molar-refractivity contribution in [2.45, 2.75) is 24.5 Å². The topological polar surface area (TPSA) is 203 Å². The molecule has 39 heavy (non-hydrogen) atoms. The van der Waals surface area contributed by atoms with Crippen LogP contribution in [0.25, 0.3) is 11.3 Å². The van der Waals surface area contributed by atoms with Crippen molar-refractivity contribution in [1.82, 2.24) is 9.88 Å². The number of nitrogens with two attached hydrogens (primary N) is 1. The number of pyridine rings is 1. The van der Waals surface area contributed by atoms with Crippen LogP contribution in [0.2, 0.25) is 0 Å². The van der Waals surface area contributed by atoms with E-state index in [0.29, 0.717) is 23.2 Å². The molecule has 7 N–H and O–H groups in total. The van der Waals surface area contributed by atoms with Gasteiger partial charge in [-0.1, -0.05) is 6.07 Å². The smallest absolute Gasteiger partial charge is 0.255 e. The van der Waals surface area contributed by atoms with Gasteiger partial charge in [0.1, 0.15) is 17.1 Å². The van der Waals surface area contributed by atoms with E-state index in [0.717, 1.165) is 0 Å². The lowest BCUT2D eigenvalue weighted by atomic mass is 9.58. The van der Waals surface area contributed by atoms with E-state index in [1.54, 1.807) is 38.5 Å². The van der Waals surface area contributed by atoms with Crippen molar-refractivity contribution in [3.05, 3.63) is 64.3 Å². The Balaban J connectivity index is 1.77. The third-order valence-electron chi connectivity index (χ3n) is 7.88. The first-order valence-electron chi connectivity index (χ1n) is 12.1. The summed E-state index contributed by atoms with van der Waals surface area (Å²) in [5.74, 6) is -7.48. The van der Waals surface area contributed by atoms with Gasteiger partial charge in [-0.05, 0) is 56.6 Å². The number of aromatic nitrogens is 1. The third kappa shape index (κ3) is 3.56. The SMILES string of the molecule is CN(C)C1C(O)=C(C(N)=O)C(=O)[C@@]2(O)C(O)=C3C(=O)c4c(O)c(NC=O)cc(-c5ccccn5)c4CC3CC12. The fraction of sp³-hybridized carbons (Fsp3) is 0.296. The highest BCUT2D eigenvalue weighted by atomic mass is 16.3. The van der Waals surface area contributed by atoms with Gasteiger partial charge < -0.3 is 31.5 Å². The van der Waals surface area contributed by atoms with Gasteiger partial charge >= 0.3 is 0 Å². The van der Waals surface area contributed by atoms with Crippen molar-refractivity contribution in [1.29, 1.82) is 0 Å². The number of allylic oxidation sites excluding steroid dienone is 1. The molecule has 3 aliphatic carbocycles. The number of nitrogens with one attached hydrogen (secondary N) is 1. The van der Waals surface area contributed by atoms with Gasteiger partial charge in [0.25, 0.3) is 5.91 Å². The molecule has 12 heteroatoms. The minimum absolute atomic E-state index is 0.0392. The summed E-state index contributed by atoms with van der Waals surface area (Å²) in [5, 5.41) is 47.3. The lowest BCUT2D eigenvalue weighted by Crippen LogP contribution is -2.63. The van der Waals surface area contributed by atoms with Crippen molar-refractivity contribution >= 4 is 29.6 Å². The monoisotopic (exact) mass is 534 g/mol. The zero-order chi connectivity index (χ0) is 28.4. The number of benzene rings is 1. The molecule has 4 atom stereocenters. The Kier molecular flexibility index (Phi) is 6.04. The molecule has 1 heterocycles. The standard InChI is InChI=1S/C27H26N4O8/c1-31(2)20-14-8-11-7-13-12(15-5-3-4-6-29-15)9-16(30-10-32)21(33)18(13)22(34)17(11)24(36)27(14,39)25(37)19(23(20)35)26(28)38/h3-6,9-11,14,20,33,35-36,39H,7-8H2,1-2H3,(H2,28,38)(H,30,32)/t11?,14?,20?,27-/m0/s1. The molecule has 1 aromatic heterocycles. The summed E-state index contributed by atoms with van der Waals surface area (Å²) in [6.45, 7) is 0. The zero-order valence-corrected chi connectivity index (χ0v) is 21.0. The Morgan fingerprint density at radius 2 is 1.95 bits per heavy atom. The maximum atomic E-state index is 13.9. The number of amides is 2. The third-order valence-corrected chi connectivity index (χ3v) is 7.88. The van der Waals surface area contributed by atoms with Gasteiger partial charge in [-0.15, -0.1) is 0 Å². The number of phenolic OH excluding ortho intramolecular Hbond substituents is 1. The maximum Gasteiger partial charge on any atom is 0.255 e. The Morgan fingerprint density at radius 3 is 2.54 bits per heavy atom. The number of anilines is 1. The number of nitrogens with zero attached hydrogens (tertiary/aromatic N) is 2. The van der Waals surface area contributed by atoms with Crippen molar-refractivity contribution in [3.63, 3.8) is 0 Å². The van der Waals surface area contributed by atoms with Crippen LogP contribution in [0, 0.1) is 11.8 Å². The van der Waals surface area contributed by atoms with E-state index in [-0.39, 0.29) is 29.7 Å². The Morgan fingerprint density at radius 1 is 1.23 bits per heavy atom. The molecule has 0 spiro atoms. The van der Waals surface area contributed by atoms with E-state index >= 15 is 0 Å². The predicted molar refractivity (Wildman–Crippen MR) is 137 cm³/mol. The van der Waals surface area contributed by atoms with Crippen LogP contribution < -0.4 is 11.1 Å². The number of hydrogen-bond donors (Lipinski definition) is 6. The molecule has 0 saturated heterocycles. The zero-order valence-electron chi connectivity index (χ0n) is 21.0. The van der Waals surface area contributed by atoms with Gasteiger partial charge in [-0.2, -0.15) is 0 Å². The molecule has 0 saturated carbocycles. The molecule has 0 radical (unpaired) electrons. The molecule has 12 nitrogen and oxygen atoms in total. The Hall–Kier alpha value is -4.55. The normalized spacial score (nSPS) is 26.2. The van der Waals surface area contributed by atoms with Crippen molar-refractivity contribution in [2.24, 2.45) is 17.6 Å². The van der Waals surface area contributed by atoms with Crippen LogP contribution in [0.4, 0.5) is 5.69 Å². The molecule has 0 aliphatic heterocycles. The lowest BCUT2D eigenvalue weighted by molar-refractivity contribution is -0.148. The fourth-order valence-corrected chi connectivity index (χ4v) is 6.24. The number of likely N-dealkylation sites (N-methyl/N-ethyl adjacent to an activating group) is 1. The summed E-state index contributed by atoms with van der Waals surface area (Å²) in [6, 6.07) is 5.54. The second-order valence-electron chi connectivity index (χ2n) is 10.1. The van der Waals surface area contributed by atoms with E-state index in [4.69, 9.17) is 5.73 Å². The second-order valence-corrected chi connectivity index (χ2v) is 10.1. The van der Waals surface area contributed by atoms with Crippen LogP contribution in [0.1, 0.15) is 22.3 Å². The van der Waals surface area contributed by atoms with Gasteiger partial charge in [-0.3, -0.25) is 29.1 Å². The molecule has 5 rings (SSSR count). The van der Waals surface area contributed by atoms with Gasteiger partial charge in [0.2, 0.25) is 12.2 Å². The van der Waals surface area contributed by atoms with E-state index in [9.17, 15) is 39.6 Å². The number of carbonyl (C=O) groups is 4. The number of rotatable bonds is 5. The number of fused-ring (bicyclic) bond motifs is 3. The summed E-state index contributed by atoms with van der Waals surface area (Å²) in [7, 11) is 3.12. The largest absolute Gasteiger partial charge is 0.510 e. The summed E-state index contributed by atoms with van der Waals surface area (Å²) in [6.07, 6.45) is 1.93. The number of carbonyl (C=O) groups excluding carboxylic acids is 4. The Bertz CT molecular complexity index is 1510. The number of aliphatic hydroxyl groups is 3. The fourth-order valence-electron chi connectivity index (χ4n) is 6.24. The van der Waals surface area contributed by atoms with E-state index in [2.05, 4.69) is 10.3 Å². The minimum atomic E-state index is -2.73. The molecule has 1 aromatic carbocycles. The maximum absolute atomic E-state index is 13.9. The van der Waals surface area contributed by atoms with E-state index in [1.165, 1.54) is 11.0 Å². The molecule has 3 unspecified atom stereocenters. The lowest BCUT2D eigenvalue weighted by Gasteiger charge is -2.50. The number of aromatic hydroxyl groups is 1. The highest BCUT2D eigenvalue weighted by molar-refractivity contribution is 6.25. The molecule has 2 amide bonds. The number of hydrogen-bond acceptors (Lipinski definition) is 10. The highest BCUT2D eigenvalue weighted by Gasteiger charge is 2.63. The average molecular weight is 535 g/mol. The molecule has 202 valence electrons. The minimum Gasteiger partial charge on any atom is -0.510 e. The summed E-state index contributed by atoms with van der Waals surface area (Å²) in [4.78, 5) is 56.5. The van der Waals surface area contributed by atoms with Crippen LogP contribution in [0.15, 0.2) is 53.1 Å². The number of ketones is 2. The average Bonchev–Trinajstić information content (AvgIpc) is 2.88. The van der Waals surface area contributed by atoms with E-state index in [1.807, 2.05) is 0 Å². The Labute approximate surface area is 222 Å². The van der Waals surface area contributed by atoms with Gasteiger partial charge in [0, 0.05) is 23.3 Å². The van der Waals surface area contributed by atoms with Gasteiger partial charge in [0.05, 0.1) is 23.0 Å². The van der Waals surface area contributed by atoms with E-state index < -0.39 is 63.8 Å². The molecular formula is C27H26N4O8. The quantitative estimate of drug-likeness (QED) is 0.180. The predicted octanol–water partition coefficient (Wildman–Crippen LogP) is 0.751. The van der Waals surface area contributed by atoms with Crippen LogP contribution in [-0.2, 0) is 20.8 Å². The molecular weight excluding hydrogens is 508 g/mol. The van der Waals surface area contributed by atoms with Crippen molar-refractivity contribution in [2.75, 3.05) is 19.4 Å². The van der Waals surface area contributed by atoms with Crippen molar-refractivity contribution in [3.8, 4) is 17.0 Å². The van der Waals surface area contributed by atoms with Crippen LogP contribution >= 0.6 is 0 Å². The highest BCUT2D eigenvalue weighted by Crippen LogP contribution is 2.53. The second kappa shape index (κ2) is 9.03. The number of primary amides is 1. The summed E-state index contributed by atoms with van der Waals surface area (Å²) in [5.41, 5.74) is 2.49. The van der Waals surface area contributed by atoms with Crippen LogP contribution in [0.5, 0.6) is 5.75 Å². The number of phenols is 1. The molecule has 0 bridgehead atoms.